The van der Waals surface area contributed by atoms with Gasteiger partial charge in [0.05, 0.1) is 5.92 Å². The minimum atomic E-state index is -0.843. The molecule has 1 unspecified atom stereocenters. The van der Waals surface area contributed by atoms with E-state index >= 15 is 0 Å². The van der Waals surface area contributed by atoms with Crippen molar-refractivity contribution in [2.45, 2.75) is 50.6 Å². The van der Waals surface area contributed by atoms with Crippen LogP contribution in [0.25, 0.3) is 11.1 Å². The first-order valence-corrected chi connectivity index (χ1v) is 11.7. The molecule has 34 heavy (non-hydrogen) atoms. The minimum absolute atomic E-state index is 0.00240. The second kappa shape index (κ2) is 10.5. The zero-order valence-corrected chi connectivity index (χ0v) is 19.2. The lowest BCUT2D eigenvalue weighted by molar-refractivity contribution is -0.142. The van der Waals surface area contributed by atoms with Gasteiger partial charge in [0.1, 0.15) is 6.61 Å². The van der Waals surface area contributed by atoms with Gasteiger partial charge in [-0.25, -0.2) is 4.79 Å². The number of carbonyl (C=O) groups excluding carboxylic acids is 2. The van der Waals surface area contributed by atoms with E-state index in [4.69, 9.17) is 9.84 Å². The highest BCUT2D eigenvalue weighted by molar-refractivity contribution is 5.79. The topological polar surface area (TPSA) is 105 Å². The predicted octanol–water partition coefficient (Wildman–Crippen LogP) is 4.23. The molecule has 0 saturated carbocycles. The fraction of sp³-hybridized carbons (Fsp3) is 0.370. The van der Waals surface area contributed by atoms with E-state index in [1.165, 1.54) is 11.1 Å². The van der Waals surface area contributed by atoms with E-state index in [0.717, 1.165) is 11.1 Å². The van der Waals surface area contributed by atoms with Crippen molar-refractivity contribution in [3.63, 3.8) is 0 Å². The van der Waals surface area contributed by atoms with Crippen LogP contribution in [-0.4, -0.2) is 41.8 Å². The molecule has 2 aromatic carbocycles. The van der Waals surface area contributed by atoms with Crippen LogP contribution in [0.1, 0.15) is 49.7 Å². The average Bonchev–Trinajstić information content (AvgIpc) is 3.15. The normalized spacial score (nSPS) is 19.6. The van der Waals surface area contributed by atoms with Gasteiger partial charge in [0, 0.05) is 24.4 Å². The Hall–Kier alpha value is -3.61. The van der Waals surface area contributed by atoms with Crippen LogP contribution in [0.3, 0.4) is 0 Å². The molecule has 0 fully saturated rings. The van der Waals surface area contributed by atoms with E-state index in [1.54, 1.807) is 6.08 Å². The maximum Gasteiger partial charge on any atom is 0.407 e. The molecular weight excluding hydrogens is 432 g/mol. The van der Waals surface area contributed by atoms with Crippen molar-refractivity contribution < 1.29 is 24.2 Å². The molecule has 7 nitrogen and oxygen atoms in total. The molecule has 0 aromatic heterocycles. The number of carboxylic acid groups (broad SMARTS) is 1. The van der Waals surface area contributed by atoms with Gasteiger partial charge in [-0.2, -0.15) is 0 Å². The summed E-state index contributed by atoms with van der Waals surface area (Å²) in [6, 6.07) is 15.8. The number of amides is 2. The summed E-state index contributed by atoms with van der Waals surface area (Å²) in [5.41, 5.74) is 4.66. The third-order valence-corrected chi connectivity index (χ3v) is 6.54. The molecular formula is C27H30N2O5. The van der Waals surface area contributed by atoms with E-state index in [-0.39, 0.29) is 36.9 Å². The fourth-order valence-electron chi connectivity index (χ4n) is 4.74. The Labute approximate surface area is 199 Å². The molecule has 3 atom stereocenters. The summed E-state index contributed by atoms with van der Waals surface area (Å²) >= 11 is 0. The smallest absolute Gasteiger partial charge is 0.407 e. The number of benzene rings is 2. The second-order valence-corrected chi connectivity index (χ2v) is 9.02. The van der Waals surface area contributed by atoms with Crippen LogP contribution in [0.15, 0.2) is 60.7 Å². The molecule has 2 amide bonds. The van der Waals surface area contributed by atoms with Gasteiger partial charge in [-0.15, -0.1) is 0 Å². The molecule has 7 heteroatoms. The summed E-state index contributed by atoms with van der Waals surface area (Å²) in [5.74, 6) is -1.48. The van der Waals surface area contributed by atoms with Gasteiger partial charge < -0.3 is 20.5 Å². The number of carboxylic acids is 1. The summed E-state index contributed by atoms with van der Waals surface area (Å²) in [6.07, 6.45) is 4.70. The number of rotatable bonds is 8. The summed E-state index contributed by atoms with van der Waals surface area (Å²) in [5, 5.41) is 14.8. The summed E-state index contributed by atoms with van der Waals surface area (Å²) in [4.78, 5) is 35.8. The van der Waals surface area contributed by atoms with Gasteiger partial charge in [0.15, 0.2) is 0 Å². The van der Waals surface area contributed by atoms with Crippen LogP contribution in [0, 0.1) is 5.92 Å². The molecule has 0 heterocycles. The third-order valence-electron chi connectivity index (χ3n) is 6.54. The molecule has 0 saturated heterocycles. The quantitative estimate of drug-likeness (QED) is 0.509. The third kappa shape index (κ3) is 5.47. The molecule has 2 aliphatic rings. The van der Waals surface area contributed by atoms with Gasteiger partial charge in [-0.1, -0.05) is 60.7 Å². The number of allylic oxidation sites excluding steroid dienone is 1. The van der Waals surface area contributed by atoms with Crippen molar-refractivity contribution in [1.82, 2.24) is 10.6 Å². The number of hydrogen-bond donors (Lipinski definition) is 3. The fourth-order valence-corrected chi connectivity index (χ4v) is 4.74. The van der Waals surface area contributed by atoms with Gasteiger partial charge in [0.25, 0.3) is 0 Å². The number of carbonyl (C=O) groups is 3. The van der Waals surface area contributed by atoms with Crippen molar-refractivity contribution in [2.75, 3.05) is 6.61 Å². The van der Waals surface area contributed by atoms with Crippen LogP contribution in [0.2, 0.25) is 0 Å². The van der Waals surface area contributed by atoms with Crippen LogP contribution < -0.4 is 10.6 Å². The predicted molar refractivity (Wildman–Crippen MR) is 128 cm³/mol. The van der Waals surface area contributed by atoms with Crippen molar-refractivity contribution in [2.24, 2.45) is 5.92 Å². The Morgan fingerprint density at radius 1 is 1.06 bits per heavy atom. The lowest BCUT2D eigenvalue weighted by Crippen LogP contribution is -2.39. The zero-order chi connectivity index (χ0) is 24.1. The first-order valence-electron chi connectivity index (χ1n) is 11.7. The van der Waals surface area contributed by atoms with Crippen molar-refractivity contribution in [1.29, 1.82) is 0 Å². The first kappa shape index (κ1) is 23.5. The highest BCUT2D eigenvalue weighted by Gasteiger charge is 2.29. The minimum Gasteiger partial charge on any atom is -0.481 e. The number of alkyl carbamates (subject to hydrolysis) is 1. The second-order valence-electron chi connectivity index (χ2n) is 9.02. The van der Waals surface area contributed by atoms with E-state index in [2.05, 4.69) is 34.9 Å². The van der Waals surface area contributed by atoms with Crippen molar-refractivity contribution >= 4 is 18.0 Å². The van der Waals surface area contributed by atoms with E-state index in [9.17, 15) is 14.4 Å². The molecule has 3 N–H and O–H groups in total. The number of aliphatic carboxylic acids is 1. The Bertz CT molecular complexity index is 1050. The Morgan fingerprint density at radius 2 is 1.71 bits per heavy atom. The van der Waals surface area contributed by atoms with Crippen LogP contribution in [0.4, 0.5) is 4.79 Å². The van der Waals surface area contributed by atoms with E-state index < -0.39 is 18.0 Å². The van der Waals surface area contributed by atoms with Crippen LogP contribution in [-0.2, 0) is 14.3 Å². The van der Waals surface area contributed by atoms with E-state index in [0.29, 0.717) is 19.3 Å². The average molecular weight is 463 g/mol. The largest absolute Gasteiger partial charge is 0.481 e. The first-order chi connectivity index (χ1) is 16.4. The molecule has 4 rings (SSSR count). The highest BCUT2D eigenvalue weighted by Crippen LogP contribution is 2.44. The number of ether oxygens (including phenoxy) is 1. The Morgan fingerprint density at radius 3 is 2.35 bits per heavy atom. The monoisotopic (exact) mass is 462 g/mol. The van der Waals surface area contributed by atoms with Gasteiger partial charge in [0.2, 0.25) is 5.91 Å². The molecule has 0 spiro atoms. The van der Waals surface area contributed by atoms with Crippen LogP contribution >= 0.6 is 0 Å². The maximum atomic E-state index is 12.4. The molecule has 2 aromatic rings. The summed E-state index contributed by atoms with van der Waals surface area (Å²) < 4.78 is 5.56. The Balaban J connectivity index is 1.22. The molecule has 0 radical (unpaired) electrons. The standard InChI is InChI=1S/C27H30N2O5/c1-17(13-14-25(30)29-19-8-6-7-18(15-19)26(31)32)28-27(33)34-16-24-22-11-4-2-9-20(22)21-10-3-5-12-23(21)24/h2-6,8-12,17-19,24H,7,13-16H2,1H3,(H,28,33)(H,29,30)(H,31,32)/t17?,18-,19-/m0/s1. The maximum absolute atomic E-state index is 12.4. The molecule has 178 valence electrons. The summed E-state index contributed by atoms with van der Waals surface area (Å²) in [6.45, 7) is 2.07. The number of fused-ring (bicyclic) bond motifs is 3. The molecule has 0 bridgehead atoms. The molecule has 2 aliphatic carbocycles. The van der Waals surface area contributed by atoms with Gasteiger partial charge in [-0.3, -0.25) is 9.59 Å². The van der Waals surface area contributed by atoms with Crippen molar-refractivity contribution in [3.8, 4) is 11.1 Å². The number of nitrogens with one attached hydrogen (secondary N) is 2. The lowest BCUT2D eigenvalue weighted by Gasteiger charge is -2.23. The summed E-state index contributed by atoms with van der Waals surface area (Å²) in [7, 11) is 0. The number of hydrogen-bond acceptors (Lipinski definition) is 4. The highest BCUT2D eigenvalue weighted by atomic mass is 16.5. The van der Waals surface area contributed by atoms with Gasteiger partial charge in [-0.05, 0) is 48.4 Å². The Kier molecular flexibility index (Phi) is 7.30. The SMILES string of the molecule is CC(CCC(=O)N[C@H]1C=CC[C@H](C(=O)O)C1)NC(=O)OCC1c2ccccc2-c2ccccc21. The molecule has 0 aliphatic heterocycles. The zero-order valence-electron chi connectivity index (χ0n) is 19.2. The van der Waals surface area contributed by atoms with E-state index in [1.807, 2.05) is 37.3 Å². The van der Waals surface area contributed by atoms with Crippen LogP contribution in [0.5, 0.6) is 0 Å². The lowest BCUT2D eigenvalue weighted by atomic mass is 9.91. The van der Waals surface area contributed by atoms with Gasteiger partial charge >= 0.3 is 12.1 Å². The van der Waals surface area contributed by atoms with Crippen molar-refractivity contribution in [3.05, 3.63) is 71.8 Å².